The molecule has 1 heterocycles. The van der Waals surface area contributed by atoms with Crippen molar-refractivity contribution >= 4 is 28.5 Å². The maximum Gasteiger partial charge on any atom is 0.341 e. The van der Waals surface area contributed by atoms with Crippen LogP contribution in [0.1, 0.15) is 10.4 Å². The number of benzene rings is 2. The van der Waals surface area contributed by atoms with Gasteiger partial charge in [-0.05, 0) is 36.4 Å². The zero-order chi connectivity index (χ0) is 17.6. The summed E-state index contributed by atoms with van der Waals surface area (Å²) in [6.45, 7) is 0. The Hall–Kier alpha value is -2.73. The number of fused-ring (bicyclic) bond motifs is 1. The van der Waals surface area contributed by atoms with Gasteiger partial charge in [0.2, 0.25) is 5.43 Å². The van der Waals surface area contributed by atoms with Crippen molar-refractivity contribution in [2.45, 2.75) is 0 Å². The molecule has 2 aromatic carbocycles. The number of hydrogen-bond donors (Lipinski definition) is 1. The van der Waals surface area contributed by atoms with Crippen LogP contribution in [-0.2, 0) is 7.05 Å². The van der Waals surface area contributed by atoms with Crippen LogP contribution < -0.4 is 5.43 Å². The van der Waals surface area contributed by atoms with Gasteiger partial charge in [0, 0.05) is 23.0 Å². The molecule has 0 bridgehead atoms. The van der Waals surface area contributed by atoms with Crippen LogP contribution in [0.15, 0.2) is 41.2 Å². The maximum absolute atomic E-state index is 13.6. The number of halogens is 3. The number of aromatic nitrogens is 1. The number of rotatable bonds is 2. The van der Waals surface area contributed by atoms with Crippen LogP contribution in [0.25, 0.3) is 22.2 Å². The van der Waals surface area contributed by atoms with Gasteiger partial charge in [-0.25, -0.2) is 13.6 Å². The summed E-state index contributed by atoms with van der Waals surface area (Å²) in [5.74, 6) is -3.65. The zero-order valence-corrected chi connectivity index (χ0v) is 13.1. The lowest BCUT2D eigenvalue weighted by atomic mass is 10.0. The van der Waals surface area contributed by atoms with E-state index < -0.39 is 28.6 Å². The summed E-state index contributed by atoms with van der Waals surface area (Å²) in [6, 6.07) is 7.46. The average Bonchev–Trinajstić information content (AvgIpc) is 2.53. The second-order valence-corrected chi connectivity index (χ2v) is 5.64. The molecule has 1 N–H and O–H groups in total. The lowest BCUT2D eigenvalue weighted by Crippen LogP contribution is -2.21. The Morgan fingerprint density at radius 1 is 1.12 bits per heavy atom. The molecule has 0 spiro atoms. The molecule has 0 aliphatic rings. The molecule has 3 rings (SSSR count). The van der Waals surface area contributed by atoms with Gasteiger partial charge in [-0.1, -0.05) is 11.6 Å². The Kier molecular flexibility index (Phi) is 3.85. The molecule has 3 aromatic rings. The predicted molar refractivity (Wildman–Crippen MR) is 86.5 cm³/mol. The van der Waals surface area contributed by atoms with Gasteiger partial charge in [0.25, 0.3) is 0 Å². The van der Waals surface area contributed by atoms with E-state index in [0.29, 0.717) is 5.52 Å². The Balaban J connectivity index is 2.51. The number of hydrogen-bond acceptors (Lipinski definition) is 2. The fraction of sp³-hybridized carbons (Fsp3) is 0.0588. The molecular weight excluding hydrogens is 340 g/mol. The van der Waals surface area contributed by atoms with Gasteiger partial charge in [-0.15, -0.1) is 0 Å². The summed E-state index contributed by atoms with van der Waals surface area (Å²) in [4.78, 5) is 24.2. The maximum atomic E-state index is 13.6. The first-order valence-electron chi connectivity index (χ1n) is 6.82. The van der Waals surface area contributed by atoms with E-state index in [2.05, 4.69) is 0 Å². The van der Waals surface area contributed by atoms with Crippen molar-refractivity contribution in [3.63, 3.8) is 0 Å². The first-order valence-corrected chi connectivity index (χ1v) is 7.20. The molecule has 24 heavy (non-hydrogen) atoms. The zero-order valence-electron chi connectivity index (χ0n) is 12.3. The smallest absolute Gasteiger partial charge is 0.341 e. The van der Waals surface area contributed by atoms with Gasteiger partial charge in [0.15, 0.2) is 11.6 Å². The molecule has 122 valence electrons. The average molecular weight is 350 g/mol. The molecule has 0 radical (unpaired) electrons. The van der Waals surface area contributed by atoms with E-state index in [1.807, 2.05) is 0 Å². The third-order valence-electron chi connectivity index (χ3n) is 3.77. The molecule has 0 atom stereocenters. The number of carboxylic acids is 1. The molecule has 7 heteroatoms. The van der Waals surface area contributed by atoms with Crippen molar-refractivity contribution in [1.29, 1.82) is 0 Å². The SMILES string of the molecule is Cn1c(-c2ccc(F)c(F)c2)c(C(=O)O)c(=O)c2cc(Cl)ccc21. The highest BCUT2D eigenvalue weighted by Gasteiger charge is 2.22. The molecular formula is C17H10ClF2NO3. The summed E-state index contributed by atoms with van der Waals surface area (Å²) < 4.78 is 28.2. The first-order chi connectivity index (χ1) is 11.3. The van der Waals surface area contributed by atoms with Crippen LogP contribution in [0.2, 0.25) is 5.02 Å². The van der Waals surface area contributed by atoms with E-state index >= 15 is 0 Å². The van der Waals surface area contributed by atoms with E-state index in [4.69, 9.17) is 11.6 Å². The minimum absolute atomic E-state index is 0.0128. The van der Waals surface area contributed by atoms with Crippen LogP contribution in [0.3, 0.4) is 0 Å². The molecule has 0 saturated carbocycles. The molecule has 4 nitrogen and oxygen atoms in total. The van der Waals surface area contributed by atoms with Gasteiger partial charge in [-0.3, -0.25) is 4.79 Å². The van der Waals surface area contributed by atoms with Crippen LogP contribution in [0.4, 0.5) is 8.78 Å². The normalized spacial score (nSPS) is 11.0. The minimum atomic E-state index is -1.46. The van der Waals surface area contributed by atoms with Gasteiger partial charge in [0.05, 0.1) is 11.2 Å². The molecule has 0 aliphatic carbocycles. The van der Waals surface area contributed by atoms with Gasteiger partial charge in [0.1, 0.15) is 5.56 Å². The highest BCUT2D eigenvalue weighted by molar-refractivity contribution is 6.31. The Morgan fingerprint density at radius 2 is 1.83 bits per heavy atom. The lowest BCUT2D eigenvalue weighted by molar-refractivity contribution is 0.0696. The number of aryl methyl sites for hydroxylation is 1. The van der Waals surface area contributed by atoms with E-state index in [1.54, 1.807) is 19.2 Å². The summed E-state index contributed by atoms with van der Waals surface area (Å²) >= 11 is 5.88. The first kappa shape index (κ1) is 16.1. The summed E-state index contributed by atoms with van der Waals surface area (Å²) in [7, 11) is 1.54. The predicted octanol–water partition coefficient (Wildman–Crippen LogP) is 3.84. The van der Waals surface area contributed by atoms with Crippen molar-refractivity contribution < 1.29 is 18.7 Å². The molecule has 0 unspecified atom stereocenters. The van der Waals surface area contributed by atoms with E-state index in [-0.39, 0.29) is 21.7 Å². The largest absolute Gasteiger partial charge is 0.477 e. The monoisotopic (exact) mass is 349 g/mol. The second-order valence-electron chi connectivity index (χ2n) is 5.21. The number of pyridine rings is 1. The fourth-order valence-electron chi connectivity index (χ4n) is 2.69. The molecule has 0 saturated heterocycles. The molecule has 0 aliphatic heterocycles. The van der Waals surface area contributed by atoms with Crippen molar-refractivity contribution in [2.75, 3.05) is 0 Å². The summed E-state index contributed by atoms with van der Waals surface area (Å²) in [5, 5.41) is 9.89. The number of aromatic carboxylic acids is 1. The van der Waals surface area contributed by atoms with Crippen molar-refractivity contribution in [3.05, 3.63) is 68.8 Å². The molecule has 1 aromatic heterocycles. The van der Waals surface area contributed by atoms with E-state index in [0.717, 1.165) is 12.1 Å². The molecule has 0 amide bonds. The van der Waals surface area contributed by atoms with Gasteiger partial charge in [-0.2, -0.15) is 0 Å². The Morgan fingerprint density at radius 3 is 2.46 bits per heavy atom. The van der Waals surface area contributed by atoms with Crippen LogP contribution in [0.5, 0.6) is 0 Å². The van der Waals surface area contributed by atoms with Crippen molar-refractivity contribution in [2.24, 2.45) is 7.05 Å². The number of carbonyl (C=O) groups is 1. The third-order valence-corrected chi connectivity index (χ3v) is 4.01. The van der Waals surface area contributed by atoms with Crippen LogP contribution >= 0.6 is 11.6 Å². The van der Waals surface area contributed by atoms with Crippen LogP contribution in [0, 0.1) is 11.6 Å². The highest BCUT2D eigenvalue weighted by Crippen LogP contribution is 2.28. The number of carboxylic acid groups (broad SMARTS) is 1. The van der Waals surface area contributed by atoms with Gasteiger partial charge < -0.3 is 9.67 Å². The van der Waals surface area contributed by atoms with E-state index in [9.17, 15) is 23.5 Å². The van der Waals surface area contributed by atoms with Crippen LogP contribution in [-0.4, -0.2) is 15.6 Å². The standard InChI is InChI=1S/C17H10ClF2NO3/c1-21-13-5-3-9(18)7-10(13)16(22)14(17(23)24)15(21)8-2-4-11(19)12(20)6-8/h2-7H,1H3,(H,23,24). The summed E-state index contributed by atoms with van der Waals surface area (Å²) in [6.07, 6.45) is 0. The van der Waals surface area contributed by atoms with Gasteiger partial charge >= 0.3 is 5.97 Å². The quantitative estimate of drug-likeness (QED) is 0.764. The Labute approximate surface area is 139 Å². The van der Waals surface area contributed by atoms with Crippen molar-refractivity contribution in [1.82, 2.24) is 4.57 Å². The lowest BCUT2D eigenvalue weighted by Gasteiger charge is -2.16. The van der Waals surface area contributed by atoms with E-state index in [1.165, 1.54) is 16.7 Å². The fourth-order valence-corrected chi connectivity index (χ4v) is 2.86. The topological polar surface area (TPSA) is 59.3 Å². The highest BCUT2D eigenvalue weighted by atomic mass is 35.5. The Bertz CT molecular complexity index is 1060. The molecule has 0 fully saturated rings. The summed E-state index contributed by atoms with van der Waals surface area (Å²) in [5.41, 5.74) is -0.769. The van der Waals surface area contributed by atoms with Crippen molar-refractivity contribution in [3.8, 4) is 11.3 Å². The third kappa shape index (κ3) is 2.45. The minimum Gasteiger partial charge on any atom is -0.477 e. The second kappa shape index (κ2) is 5.72. The number of nitrogens with zero attached hydrogens (tertiary/aromatic N) is 1.